The van der Waals surface area contributed by atoms with E-state index in [9.17, 15) is 14.4 Å². The number of imide groups is 1. The van der Waals surface area contributed by atoms with E-state index in [1.165, 1.54) is 0 Å². The Hall–Kier alpha value is -3.35. The fourth-order valence-corrected chi connectivity index (χ4v) is 4.63. The number of benzene rings is 2. The van der Waals surface area contributed by atoms with Crippen molar-refractivity contribution in [2.75, 3.05) is 23.8 Å². The molecule has 2 aromatic rings. The van der Waals surface area contributed by atoms with Gasteiger partial charge in [-0.05, 0) is 43.0 Å². The molecule has 7 nitrogen and oxygen atoms in total. The highest BCUT2D eigenvalue weighted by molar-refractivity contribution is 6.10. The van der Waals surface area contributed by atoms with E-state index >= 15 is 0 Å². The normalized spacial score (nSPS) is 23.0. The average Bonchev–Trinajstić information content (AvgIpc) is 3.01. The molecule has 0 bridgehead atoms. The molecule has 2 aromatic carbocycles. The Bertz CT molecular complexity index is 993. The molecule has 2 atom stereocenters. The van der Waals surface area contributed by atoms with E-state index in [4.69, 9.17) is 0 Å². The molecule has 0 unspecified atom stereocenters. The van der Waals surface area contributed by atoms with E-state index in [0.717, 1.165) is 35.5 Å². The zero-order valence-electron chi connectivity index (χ0n) is 17.9. The molecule has 2 aliphatic rings. The molecule has 1 heterocycles. The number of urea groups is 1. The number of para-hydroxylation sites is 3. The standard InChI is InChI=1S/C24H28N4O3/c1-17-10-8-9-15-24(17)22(30)28(23(31)26-24)16-21(29)25-19-13-6-7-14-20(19)27(2)18-11-4-3-5-12-18/h3-7,11-14,17H,8-10,15-16H2,1-2H3,(H,25,29)(H,26,31)/t17-,24+/m1/s1. The second kappa shape index (κ2) is 8.41. The van der Waals surface area contributed by atoms with Gasteiger partial charge in [-0.3, -0.25) is 14.5 Å². The van der Waals surface area contributed by atoms with Crippen LogP contribution in [0.5, 0.6) is 0 Å². The van der Waals surface area contributed by atoms with Crippen LogP contribution in [0.15, 0.2) is 54.6 Å². The number of amides is 4. The van der Waals surface area contributed by atoms with Crippen molar-refractivity contribution in [3.63, 3.8) is 0 Å². The molecular weight excluding hydrogens is 392 g/mol. The summed E-state index contributed by atoms with van der Waals surface area (Å²) < 4.78 is 0. The summed E-state index contributed by atoms with van der Waals surface area (Å²) in [5, 5.41) is 5.77. The predicted octanol–water partition coefficient (Wildman–Crippen LogP) is 3.89. The Kier molecular flexibility index (Phi) is 5.67. The van der Waals surface area contributed by atoms with Crippen LogP contribution in [0, 0.1) is 5.92 Å². The minimum atomic E-state index is -0.860. The van der Waals surface area contributed by atoms with Crippen LogP contribution in [-0.4, -0.2) is 41.9 Å². The van der Waals surface area contributed by atoms with Crippen LogP contribution in [0.25, 0.3) is 0 Å². The molecule has 0 aromatic heterocycles. The van der Waals surface area contributed by atoms with Crippen LogP contribution in [0.3, 0.4) is 0 Å². The number of hydrogen-bond acceptors (Lipinski definition) is 4. The van der Waals surface area contributed by atoms with Crippen molar-refractivity contribution in [2.24, 2.45) is 5.92 Å². The summed E-state index contributed by atoms with van der Waals surface area (Å²) in [5.41, 5.74) is 1.55. The maximum absolute atomic E-state index is 13.1. The number of anilines is 3. The number of nitrogens with one attached hydrogen (secondary N) is 2. The van der Waals surface area contributed by atoms with Crippen LogP contribution < -0.4 is 15.5 Å². The first-order valence-electron chi connectivity index (χ1n) is 10.7. The van der Waals surface area contributed by atoms with Gasteiger partial charge in [0.2, 0.25) is 5.91 Å². The lowest BCUT2D eigenvalue weighted by atomic mass is 9.73. The van der Waals surface area contributed by atoms with Crippen LogP contribution in [-0.2, 0) is 9.59 Å². The Morgan fingerprint density at radius 2 is 1.84 bits per heavy atom. The van der Waals surface area contributed by atoms with Gasteiger partial charge in [0.15, 0.2) is 0 Å². The highest BCUT2D eigenvalue weighted by atomic mass is 16.2. The van der Waals surface area contributed by atoms with E-state index in [-0.39, 0.29) is 18.4 Å². The molecule has 4 amide bonds. The SMILES string of the molecule is C[C@@H]1CCCC[C@]12NC(=O)N(CC(=O)Nc1ccccc1N(C)c1ccccc1)C2=O. The summed E-state index contributed by atoms with van der Waals surface area (Å²) in [7, 11) is 1.92. The van der Waals surface area contributed by atoms with Gasteiger partial charge in [-0.25, -0.2) is 4.79 Å². The van der Waals surface area contributed by atoms with Crippen molar-refractivity contribution < 1.29 is 14.4 Å². The van der Waals surface area contributed by atoms with Crippen molar-refractivity contribution in [1.82, 2.24) is 10.2 Å². The molecule has 7 heteroatoms. The summed E-state index contributed by atoms with van der Waals surface area (Å²) in [4.78, 5) is 41.5. The van der Waals surface area contributed by atoms with Gasteiger partial charge in [-0.1, -0.05) is 50.1 Å². The van der Waals surface area contributed by atoms with Crippen molar-refractivity contribution in [2.45, 2.75) is 38.1 Å². The molecule has 162 valence electrons. The van der Waals surface area contributed by atoms with E-state index in [2.05, 4.69) is 10.6 Å². The monoisotopic (exact) mass is 420 g/mol. The second-order valence-electron chi connectivity index (χ2n) is 8.40. The Morgan fingerprint density at radius 3 is 2.58 bits per heavy atom. The molecular formula is C24H28N4O3. The lowest BCUT2D eigenvalue weighted by Gasteiger charge is -2.36. The lowest BCUT2D eigenvalue weighted by molar-refractivity contribution is -0.136. The largest absolute Gasteiger partial charge is 0.343 e. The molecule has 31 heavy (non-hydrogen) atoms. The Morgan fingerprint density at radius 1 is 1.13 bits per heavy atom. The molecule has 4 rings (SSSR count). The topological polar surface area (TPSA) is 81.8 Å². The number of carbonyl (C=O) groups is 3. The quantitative estimate of drug-likeness (QED) is 0.719. The number of nitrogens with zero attached hydrogens (tertiary/aromatic N) is 2. The molecule has 1 spiro atoms. The van der Waals surface area contributed by atoms with Gasteiger partial charge in [-0.2, -0.15) is 0 Å². The average molecular weight is 421 g/mol. The molecule has 1 saturated carbocycles. The molecule has 1 aliphatic carbocycles. The third kappa shape index (κ3) is 3.87. The summed E-state index contributed by atoms with van der Waals surface area (Å²) in [6.07, 6.45) is 3.47. The number of carbonyl (C=O) groups excluding carboxylic acids is 3. The van der Waals surface area contributed by atoms with Crippen molar-refractivity contribution >= 4 is 34.9 Å². The first-order chi connectivity index (χ1) is 14.9. The Labute approximate surface area is 182 Å². The zero-order chi connectivity index (χ0) is 22.0. The van der Waals surface area contributed by atoms with Gasteiger partial charge in [-0.15, -0.1) is 0 Å². The minimum Gasteiger partial charge on any atom is -0.343 e. The Balaban J connectivity index is 1.49. The van der Waals surface area contributed by atoms with Crippen LogP contribution in [0.1, 0.15) is 32.6 Å². The van der Waals surface area contributed by atoms with Crippen LogP contribution >= 0.6 is 0 Å². The van der Waals surface area contributed by atoms with Crippen LogP contribution in [0.2, 0.25) is 0 Å². The maximum Gasteiger partial charge on any atom is 0.325 e. The lowest BCUT2D eigenvalue weighted by Crippen LogP contribution is -2.54. The predicted molar refractivity (Wildman–Crippen MR) is 120 cm³/mol. The first-order valence-corrected chi connectivity index (χ1v) is 10.7. The fourth-order valence-electron chi connectivity index (χ4n) is 4.63. The van der Waals surface area contributed by atoms with Gasteiger partial charge >= 0.3 is 6.03 Å². The van der Waals surface area contributed by atoms with Gasteiger partial charge in [0.1, 0.15) is 12.1 Å². The molecule has 2 fully saturated rings. The first kappa shape index (κ1) is 20.9. The molecule has 1 aliphatic heterocycles. The molecule has 0 radical (unpaired) electrons. The van der Waals surface area contributed by atoms with Gasteiger partial charge < -0.3 is 15.5 Å². The number of hydrogen-bond donors (Lipinski definition) is 2. The van der Waals surface area contributed by atoms with Crippen LogP contribution in [0.4, 0.5) is 21.9 Å². The highest BCUT2D eigenvalue weighted by Crippen LogP contribution is 2.38. The minimum absolute atomic E-state index is 0.0611. The van der Waals surface area contributed by atoms with Gasteiger partial charge in [0.25, 0.3) is 5.91 Å². The van der Waals surface area contributed by atoms with Gasteiger partial charge in [0.05, 0.1) is 11.4 Å². The summed E-state index contributed by atoms with van der Waals surface area (Å²) >= 11 is 0. The maximum atomic E-state index is 13.1. The fraction of sp³-hybridized carbons (Fsp3) is 0.375. The summed E-state index contributed by atoms with van der Waals surface area (Å²) in [6.45, 7) is 1.69. The summed E-state index contributed by atoms with van der Waals surface area (Å²) in [6, 6.07) is 16.8. The van der Waals surface area contributed by atoms with E-state index in [1.54, 1.807) is 0 Å². The third-order valence-electron chi connectivity index (χ3n) is 6.49. The molecule has 1 saturated heterocycles. The van der Waals surface area contributed by atoms with Crippen molar-refractivity contribution in [3.05, 3.63) is 54.6 Å². The van der Waals surface area contributed by atoms with Gasteiger partial charge in [0, 0.05) is 12.7 Å². The van der Waals surface area contributed by atoms with Crippen molar-refractivity contribution in [3.8, 4) is 0 Å². The van der Waals surface area contributed by atoms with E-state index < -0.39 is 17.5 Å². The molecule has 2 N–H and O–H groups in total. The smallest absolute Gasteiger partial charge is 0.325 e. The van der Waals surface area contributed by atoms with E-state index in [0.29, 0.717) is 12.1 Å². The summed E-state index contributed by atoms with van der Waals surface area (Å²) in [5.74, 6) is -0.626. The second-order valence-corrected chi connectivity index (χ2v) is 8.40. The zero-order valence-corrected chi connectivity index (χ0v) is 17.9. The third-order valence-corrected chi connectivity index (χ3v) is 6.49. The number of rotatable bonds is 5. The highest BCUT2D eigenvalue weighted by Gasteiger charge is 2.55. The van der Waals surface area contributed by atoms with Crippen molar-refractivity contribution in [1.29, 1.82) is 0 Å². The van der Waals surface area contributed by atoms with E-state index in [1.807, 2.05) is 73.5 Å².